The standard InChI is InChI=1S/C13H19N3O2/c1-10(14)13(18)16-8-6-15(7-9-16)11-4-2-3-5-12(11)17/h2-5,10,17H,6-9,14H2,1H3/t10-/m0/s1. The molecule has 1 aliphatic rings. The summed E-state index contributed by atoms with van der Waals surface area (Å²) in [7, 11) is 0. The number of nitrogens with zero attached hydrogens (tertiary/aromatic N) is 2. The van der Waals surface area contributed by atoms with Crippen LogP contribution >= 0.6 is 0 Å². The number of carbonyl (C=O) groups excluding carboxylic acids is 1. The fourth-order valence-corrected chi connectivity index (χ4v) is 2.19. The van der Waals surface area contributed by atoms with Crippen LogP contribution in [0.3, 0.4) is 0 Å². The van der Waals surface area contributed by atoms with E-state index in [1.807, 2.05) is 12.1 Å². The zero-order chi connectivity index (χ0) is 13.1. The van der Waals surface area contributed by atoms with Crippen molar-refractivity contribution in [3.8, 4) is 5.75 Å². The summed E-state index contributed by atoms with van der Waals surface area (Å²) in [6, 6.07) is 6.82. The van der Waals surface area contributed by atoms with E-state index in [4.69, 9.17) is 5.73 Å². The van der Waals surface area contributed by atoms with Gasteiger partial charge >= 0.3 is 0 Å². The van der Waals surface area contributed by atoms with E-state index >= 15 is 0 Å². The maximum atomic E-state index is 11.7. The van der Waals surface area contributed by atoms with Crippen LogP contribution in [0.15, 0.2) is 24.3 Å². The lowest BCUT2D eigenvalue weighted by Gasteiger charge is -2.36. The molecule has 5 heteroatoms. The van der Waals surface area contributed by atoms with E-state index in [0.717, 1.165) is 18.8 Å². The van der Waals surface area contributed by atoms with Crippen LogP contribution in [0.1, 0.15) is 6.92 Å². The van der Waals surface area contributed by atoms with Crippen molar-refractivity contribution in [3.63, 3.8) is 0 Å². The molecule has 1 amide bonds. The topological polar surface area (TPSA) is 69.8 Å². The predicted octanol–water partition coefficient (Wildman–Crippen LogP) is 0.388. The molecule has 1 saturated heterocycles. The Labute approximate surface area is 107 Å². The van der Waals surface area contributed by atoms with E-state index in [1.54, 1.807) is 24.0 Å². The number of rotatable bonds is 2. The Morgan fingerprint density at radius 3 is 2.44 bits per heavy atom. The van der Waals surface area contributed by atoms with Crippen LogP contribution in [0.25, 0.3) is 0 Å². The Hall–Kier alpha value is -1.75. The third-order valence-corrected chi connectivity index (χ3v) is 3.20. The number of carbonyl (C=O) groups is 1. The van der Waals surface area contributed by atoms with Gasteiger partial charge < -0.3 is 20.6 Å². The van der Waals surface area contributed by atoms with Crippen molar-refractivity contribution >= 4 is 11.6 Å². The zero-order valence-corrected chi connectivity index (χ0v) is 10.5. The van der Waals surface area contributed by atoms with Crippen LogP contribution in [-0.4, -0.2) is 48.1 Å². The number of piperazine rings is 1. The van der Waals surface area contributed by atoms with Gasteiger partial charge in [0.1, 0.15) is 5.75 Å². The van der Waals surface area contributed by atoms with Gasteiger partial charge in [0.05, 0.1) is 11.7 Å². The Bertz CT molecular complexity index is 426. The molecule has 1 aromatic carbocycles. The summed E-state index contributed by atoms with van der Waals surface area (Å²) in [6.07, 6.45) is 0. The summed E-state index contributed by atoms with van der Waals surface area (Å²) in [5, 5.41) is 9.78. The second kappa shape index (κ2) is 5.27. The molecule has 1 heterocycles. The maximum absolute atomic E-state index is 11.7. The van der Waals surface area contributed by atoms with Gasteiger partial charge in [-0.25, -0.2) is 0 Å². The lowest BCUT2D eigenvalue weighted by molar-refractivity contribution is -0.132. The number of aromatic hydroxyl groups is 1. The molecule has 0 aliphatic carbocycles. The Morgan fingerprint density at radius 1 is 1.28 bits per heavy atom. The summed E-state index contributed by atoms with van der Waals surface area (Å²) < 4.78 is 0. The number of phenols is 1. The minimum absolute atomic E-state index is 0.00747. The highest BCUT2D eigenvalue weighted by atomic mass is 16.3. The van der Waals surface area contributed by atoms with Crippen molar-refractivity contribution in [3.05, 3.63) is 24.3 Å². The number of nitrogens with two attached hydrogens (primary N) is 1. The first-order valence-corrected chi connectivity index (χ1v) is 6.17. The molecule has 0 bridgehead atoms. The number of hydrogen-bond acceptors (Lipinski definition) is 4. The summed E-state index contributed by atoms with van der Waals surface area (Å²) in [5.41, 5.74) is 6.42. The van der Waals surface area contributed by atoms with Gasteiger partial charge in [-0.2, -0.15) is 0 Å². The molecule has 3 N–H and O–H groups in total. The first kappa shape index (κ1) is 12.7. The van der Waals surface area contributed by atoms with Crippen molar-refractivity contribution in [2.24, 2.45) is 5.73 Å². The lowest BCUT2D eigenvalue weighted by atomic mass is 10.2. The highest BCUT2D eigenvalue weighted by molar-refractivity contribution is 5.81. The number of phenolic OH excluding ortho intramolecular Hbond substituents is 1. The summed E-state index contributed by atoms with van der Waals surface area (Å²) in [5.74, 6) is 0.274. The highest BCUT2D eigenvalue weighted by Gasteiger charge is 2.23. The average molecular weight is 249 g/mol. The van der Waals surface area contributed by atoms with Gasteiger partial charge in [0.2, 0.25) is 5.91 Å². The second-order valence-corrected chi connectivity index (χ2v) is 4.59. The monoisotopic (exact) mass is 249 g/mol. The molecule has 2 rings (SSSR count). The number of hydrogen-bond donors (Lipinski definition) is 2. The lowest BCUT2D eigenvalue weighted by Crippen LogP contribution is -2.52. The van der Waals surface area contributed by atoms with Crippen molar-refractivity contribution in [1.82, 2.24) is 4.90 Å². The van der Waals surface area contributed by atoms with E-state index in [1.165, 1.54) is 0 Å². The molecule has 98 valence electrons. The molecule has 5 nitrogen and oxygen atoms in total. The van der Waals surface area contributed by atoms with E-state index in [9.17, 15) is 9.90 Å². The highest BCUT2D eigenvalue weighted by Crippen LogP contribution is 2.27. The van der Waals surface area contributed by atoms with Gasteiger partial charge in [-0.1, -0.05) is 12.1 Å². The number of amides is 1. The van der Waals surface area contributed by atoms with Gasteiger partial charge in [-0.3, -0.25) is 4.79 Å². The van der Waals surface area contributed by atoms with Crippen molar-refractivity contribution < 1.29 is 9.90 Å². The van der Waals surface area contributed by atoms with Crippen LogP contribution < -0.4 is 10.6 Å². The van der Waals surface area contributed by atoms with Crippen molar-refractivity contribution in [1.29, 1.82) is 0 Å². The molecular weight excluding hydrogens is 230 g/mol. The molecule has 0 spiro atoms. The van der Waals surface area contributed by atoms with Gasteiger partial charge in [0.25, 0.3) is 0 Å². The third-order valence-electron chi connectivity index (χ3n) is 3.20. The number of benzene rings is 1. The largest absolute Gasteiger partial charge is 0.506 e. The summed E-state index contributed by atoms with van der Waals surface area (Å²) in [6.45, 7) is 4.44. The van der Waals surface area contributed by atoms with E-state index in [0.29, 0.717) is 13.1 Å². The van der Waals surface area contributed by atoms with Crippen LogP contribution in [0.5, 0.6) is 5.75 Å². The Balaban J connectivity index is 1.99. The minimum Gasteiger partial charge on any atom is -0.506 e. The molecule has 1 atom stereocenters. The van der Waals surface area contributed by atoms with E-state index in [-0.39, 0.29) is 11.7 Å². The minimum atomic E-state index is -0.443. The second-order valence-electron chi connectivity index (χ2n) is 4.59. The molecule has 0 radical (unpaired) electrons. The smallest absolute Gasteiger partial charge is 0.239 e. The molecule has 1 aromatic rings. The molecular formula is C13H19N3O2. The first-order chi connectivity index (χ1) is 8.59. The van der Waals surface area contributed by atoms with Crippen LogP contribution in [-0.2, 0) is 4.79 Å². The van der Waals surface area contributed by atoms with Gasteiger partial charge in [-0.15, -0.1) is 0 Å². The average Bonchev–Trinajstić information content (AvgIpc) is 2.38. The first-order valence-electron chi connectivity index (χ1n) is 6.17. The zero-order valence-electron chi connectivity index (χ0n) is 10.5. The van der Waals surface area contributed by atoms with Gasteiger partial charge in [0.15, 0.2) is 0 Å². The molecule has 1 fully saturated rings. The van der Waals surface area contributed by atoms with Gasteiger partial charge in [-0.05, 0) is 19.1 Å². The summed E-state index contributed by atoms with van der Waals surface area (Å²) >= 11 is 0. The number of para-hydroxylation sites is 2. The van der Waals surface area contributed by atoms with Crippen molar-refractivity contribution in [2.45, 2.75) is 13.0 Å². The fraction of sp³-hybridized carbons (Fsp3) is 0.462. The molecule has 0 saturated carbocycles. The predicted molar refractivity (Wildman–Crippen MR) is 70.5 cm³/mol. The normalized spacial score (nSPS) is 17.7. The Morgan fingerprint density at radius 2 is 1.89 bits per heavy atom. The fourth-order valence-electron chi connectivity index (χ4n) is 2.19. The SMILES string of the molecule is C[C@H](N)C(=O)N1CCN(c2ccccc2O)CC1. The quantitative estimate of drug-likeness (QED) is 0.795. The third kappa shape index (κ3) is 2.56. The van der Waals surface area contributed by atoms with Gasteiger partial charge in [0, 0.05) is 26.2 Å². The van der Waals surface area contributed by atoms with E-state index in [2.05, 4.69) is 4.90 Å². The van der Waals surface area contributed by atoms with Crippen molar-refractivity contribution in [2.75, 3.05) is 31.1 Å². The number of anilines is 1. The van der Waals surface area contributed by atoms with Crippen LogP contribution in [0.4, 0.5) is 5.69 Å². The van der Waals surface area contributed by atoms with Crippen LogP contribution in [0.2, 0.25) is 0 Å². The summed E-state index contributed by atoms with van der Waals surface area (Å²) in [4.78, 5) is 15.6. The van der Waals surface area contributed by atoms with E-state index < -0.39 is 6.04 Å². The Kier molecular flexibility index (Phi) is 3.72. The molecule has 1 aliphatic heterocycles. The molecule has 0 unspecified atom stereocenters. The molecule has 0 aromatic heterocycles. The van der Waals surface area contributed by atoms with Crippen LogP contribution in [0, 0.1) is 0 Å². The maximum Gasteiger partial charge on any atom is 0.239 e. The molecule has 18 heavy (non-hydrogen) atoms.